The fourth-order valence-corrected chi connectivity index (χ4v) is 8.91. The Morgan fingerprint density at radius 1 is 0.566 bits per heavy atom. The molecule has 1 aromatic rings. The van der Waals surface area contributed by atoms with Gasteiger partial charge >= 0.3 is 0 Å². The van der Waals surface area contributed by atoms with Crippen LogP contribution in [0.5, 0.6) is 5.75 Å². The van der Waals surface area contributed by atoms with Gasteiger partial charge in [0.25, 0.3) is 0 Å². The summed E-state index contributed by atoms with van der Waals surface area (Å²) in [6, 6.07) is -7.40. The molecule has 0 radical (unpaired) electrons. The Morgan fingerprint density at radius 3 is 1.54 bits per heavy atom. The zero-order valence-corrected chi connectivity index (χ0v) is 43.4. The number of rotatable bonds is 23. The van der Waals surface area contributed by atoms with Crippen LogP contribution in [0.15, 0.2) is 24.3 Å². The maximum atomic E-state index is 14.3. The van der Waals surface area contributed by atoms with E-state index < -0.39 is 164 Å². The molecule has 2 aliphatic rings. The molecule has 2 aliphatic heterocycles. The lowest BCUT2D eigenvalue weighted by atomic mass is 10.0. The molecule has 17 N–H and O–H groups in total. The normalized spacial score (nSPS) is 23.8. The highest BCUT2D eigenvalue weighted by atomic mass is 16.3. The molecule has 0 spiro atoms. The van der Waals surface area contributed by atoms with Crippen LogP contribution in [-0.2, 0) is 64.0 Å². The number of nitrogens with two attached hydrogens (primary N) is 4. The van der Waals surface area contributed by atoms with Crippen LogP contribution in [0.3, 0.4) is 0 Å². The van der Waals surface area contributed by atoms with Gasteiger partial charge in [0.1, 0.15) is 48.0 Å². The smallest absolute Gasteiger partial charge is 0.245 e. The fraction of sp³-hybridized carbons (Fsp3) is 0.640. The molecule has 0 aromatic heterocycles. The minimum Gasteiger partial charge on any atom is -0.508 e. The highest BCUT2D eigenvalue weighted by Crippen LogP contribution is 2.22. The van der Waals surface area contributed by atoms with Crippen molar-refractivity contribution in [3.05, 3.63) is 29.8 Å². The maximum absolute atomic E-state index is 14.3. The summed E-state index contributed by atoms with van der Waals surface area (Å²) >= 11 is 0. The standard InChI is InChI=1S/C50H78N12O14/c1-28(2)12-9-7-5-3-4-6-8-10-13-30-23-43(69)56-34(24-40(52)66)45(71)58-33(22-29-15-17-31(64)18-16-29)44(70)59-36(26-42(54)68)47(73)61-37(27-63)48(74)60-35(25-41(53)67)46(72)57-32(19-20-39(51)65)50(76)62-21-11-14-38(62)49(75)55-30/h15-18,28,30,32-38,63-64H,3-14,19-27H2,1-2H3,(H2,51,65)(H2,52,66)(H2,53,67)(H2,54,68)(H,55,75)(H,56,69)(H,57,72)(H,58,71)(H,59,70)(H,60,74)(H,61,73)/t30-,32+,33-,34-,35+,36-,37+,38-/m1/s1. The number of primary amides is 4. The minimum atomic E-state index is -1.96. The van der Waals surface area contributed by atoms with Crippen molar-refractivity contribution in [2.75, 3.05) is 13.2 Å². The summed E-state index contributed by atoms with van der Waals surface area (Å²) in [6.45, 7) is 3.21. The van der Waals surface area contributed by atoms with E-state index in [1.54, 1.807) is 0 Å². The Labute approximate surface area is 441 Å². The summed E-state index contributed by atoms with van der Waals surface area (Å²) in [5.41, 5.74) is 22.1. The largest absolute Gasteiger partial charge is 0.508 e. The Hall–Kier alpha value is -7.38. The van der Waals surface area contributed by atoms with Gasteiger partial charge < -0.3 is 75.3 Å². The number of fused-ring (bicyclic) bond motifs is 1. The topological polar surface area (TPSA) is 437 Å². The first-order chi connectivity index (χ1) is 36.0. The number of aliphatic hydroxyl groups excluding tert-OH is 1. The summed E-state index contributed by atoms with van der Waals surface area (Å²) < 4.78 is 0. The number of benzene rings is 1. The number of aliphatic hydroxyl groups is 1. The van der Waals surface area contributed by atoms with E-state index in [4.69, 9.17) is 22.9 Å². The number of phenolic OH excluding ortho intramolecular Hbond substituents is 1. The highest BCUT2D eigenvalue weighted by Gasteiger charge is 2.40. The van der Waals surface area contributed by atoms with Crippen LogP contribution in [0.4, 0.5) is 0 Å². The molecule has 1 aromatic carbocycles. The fourth-order valence-electron chi connectivity index (χ4n) is 8.91. The van der Waals surface area contributed by atoms with Crippen molar-refractivity contribution in [2.24, 2.45) is 28.9 Å². The van der Waals surface area contributed by atoms with E-state index in [0.29, 0.717) is 24.3 Å². The third-order valence-corrected chi connectivity index (χ3v) is 13.0. The van der Waals surface area contributed by atoms with Gasteiger partial charge in [0.15, 0.2) is 0 Å². The van der Waals surface area contributed by atoms with Crippen molar-refractivity contribution in [3.8, 4) is 5.75 Å². The number of nitrogens with one attached hydrogen (secondary N) is 7. The molecule has 2 saturated heterocycles. The van der Waals surface area contributed by atoms with Crippen LogP contribution < -0.4 is 60.2 Å². The highest BCUT2D eigenvalue weighted by molar-refractivity contribution is 6.00. The maximum Gasteiger partial charge on any atom is 0.245 e. The minimum absolute atomic E-state index is 0.00751. The number of aromatic hydroxyl groups is 1. The Balaban J connectivity index is 2.10. The van der Waals surface area contributed by atoms with Gasteiger partial charge in [-0.15, -0.1) is 0 Å². The van der Waals surface area contributed by atoms with Crippen molar-refractivity contribution < 1.29 is 67.7 Å². The second-order valence-electron chi connectivity index (χ2n) is 19.9. The van der Waals surface area contributed by atoms with Gasteiger partial charge in [-0.3, -0.25) is 57.5 Å². The van der Waals surface area contributed by atoms with E-state index in [1.165, 1.54) is 35.6 Å². The molecule has 12 amide bonds. The Bertz CT molecular complexity index is 2210. The molecule has 26 nitrogen and oxygen atoms in total. The molecular formula is C50H78N12O14. The third kappa shape index (κ3) is 22.6. The second kappa shape index (κ2) is 32.1. The van der Waals surface area contributed by atoms with Gasteiger partial charge in [-0.2, -0.15) is 0 Å². The Kier molecular flexibility index (Phi) is 26.6. The number of hydrogen-bond acceptors (Lipinski definition) is 14. The van der Waals surface area contributed by atoms with E-state index in [9.17, 15) is 67.7 Å². The van der Waals surface area contributed by atoms with Crippen LogP contribution in [-0.4, -0.2) is 147 Å². The van der Waals surface area contributed by atoms with Crippen LogP contribution in [0.2, 0.25) is 0 Å². The predicted octanol–water partition coefficient (Wildman–Crippen LogP) is -2.84. The average Bonchev–Trinajstić information content (AvgIpc) is 3.84. The van der Waals surface area contributed by atoms with Crippen LogP contribution in [0, 0.1) is 5.92 Å². The van der Waals surface area contributed by atoms with E-state index in [2.05, 4.69) is 51.1 Å². The molecule has 0 bridgehead atoms. The number of amides is 12. The van der Waals surface area contributed by atoms with Crippen molar-refractivity contribution in [2.45, 2.75) is 184 Å². The van der Waals surface area contributed by atoms with Crippen molar-refractivity contribution >= 4 is 70.9 Å². The van der Waals surface area contributed by atoms with Crippen LogP contribution >= 0.6 is 0 Å². The van der Waals surface area contributed by atoms with E-state index in [0.717, 1.165) is 44.9 Å². The van der Waals surface area contributed by atoms with Gasteiger partial charge in [0.2, 0.25) is 70.9 Å². The van der Waals surface area contributed by atoms with Gasteiger partial charge in [0.05, 0.1) is 25.9 Å². The summed E-state index contributed by atoms with van der Waals surface area (Å²) in [7, 11) is 0. The Morgan fingerprint density at radius 2 is 1.03 bits per heavy atom. The molecule has 3 rings (SSSR count). The number of carbonyl (C=O) groups excluding carboxylic acids is 12. The van der Waals surface area contributed by atoms with Gasteiger partial charge in [0, 0.05) is 31.8 Å². The van der Waals surface area contributed by atoms with Gasteiger partial charge in [-0.05, 0) is 49.3 Å². The van der Waals surface area contributed by atoms with Crippen molar-refractivity contribution in [1.29, 1.82) is 0 Å². The zero-order valence-electron chi connectivity index (χ0n) is 43.4. The number of nitrogens with zero attached hydrogens (tertiary/aromatic N) is 1. The number of phenols is 1. The summed E-state index contributed by atoms with van der Waals surface area (Å²) in [5.74, 6) is -12.0. The number of hydrogen-bond donors (Lipinski definition) is 13. The molecular weight excluding hydrogens is 993 g/mol. The lowest BCUT2D eigenvalue weighted by Gasteiger charge is -2.31. The van der Waals surface area contributed by atoms with Crippen molar-refractivity contribution in [1.82, 2.24) is 42.1 Å². The first-order valence-corrected chi connectivity index (χ1v) is 25.9. The second-order valence-corrected chi connectivity index (χ2v) is 19.9. The molecule has 0 saturated carbocycles. The third-order valence-electron chi connectivity index (χ3n) is 13.0. The van der Waals surface area contributed by atoms with Crippen LogP contribution in [0.25, 0.3) is 0 Å². The first-order valence-electron chi connectivity index (χ1n) is 25.9. The van der Waals surface area contributed by atoms with E-state index in [1.807, 2.05) is 0 Å². The SMILES string of the molecule is CC(C)CCCCCCCCCC[C@@H]1CC(=O)N[C@H](CC(N)=O)C(=O)N[C@H](Cc2ccc(O)cc2)C(=O)N[C@H](CC(N)=O)C(=O)N[C@@H](CO)C(=O)N[C@@H](CC(N)=O)C(=O)N[C@@H](CCC(N)=O)C(=O)N2CCC[C@@H]2C(=O)N1. The van der Waals surface area contributed by atoms with Crippen LogP contribution in [0.1, 0.15) is 135 Å². The molecule has 2 fully saturated rings. The molecule has 422 valence electrons. The molecule has 0 unspecified atom stereocenters. The molecule has 76 heavy (non-hydrogen) atoms. The predicted molar refractivity (Wildman–Crippen MR) is 273 cm³/mol. The van der Waals surface area contributed by atoms with E-state index >= 15 is 0 Å². The molecule has 2 heterocycles. The summed E-state index contributed by atoms with van der Waals surface area (Å²) in [6.07, 6.45) is 5.23. The first kappa shape index (κ1) is 62.9. The summed E-state index contributed by atoms with van der Waals surface area (Å²) in [4.78, 5) is 162. The van der Waals surface area contributed by atoms with Gasteiger partial charge in [-0.1, -0.05) is 83.8 Å². The number of carbonyl (C=O) groups is 12. The lowest BCUT2D eigenvalue weighted by molar-refractivity contribution is -0.142. The van der Waals surface area contributed by atoms with Gasteiger partial charge in [-0.25, -0.2) is 0 Å². The van der Waals surface area contributed by atoms with Crippen molar-refractivity contribution in [3.63, 3.8) is 0 Å². The molecule has 0 aliphatic carbocycles. The number of unbranched alkanes of at least 4 members (excludes halogenated alkanes) is 7. The lowest BCUT2D eigenvalue weighted by Crippen LogP contribution is -2.61. The quantitative estimate of drug-likeness (QED) is 0.0492. The molecule has 8 atom stereocenters. The molecule has 26 heteroatoms. The van der Waals surface area contributed by atoms with E-state index in [-0.39, 0.29) is 31.6 Å². The zero-order chi connectivity index (χ0) is 56.5. The summed E-state index contributed by atoms with van der Waals surface area (Å²) in [5, 5.41) is 37.0. The average molecular weight is 1070 g/mol. The monoisotopic (exact) mass is 1070 g/mol.